The summed E-state index contributed by atoms with van der Waals surface area (Å²) in [6.07, 6.45) is 0.883. The number of aldehydes is 1. The van der Waals surface area contributed by atoms with E-state index >= 15 is 0 Å². The molecule has 0 bridgehead atoms. The van der Waals surface area contributed by atoms with Gasteiger partial charge in [-0.2, -0.15) is 0 Å². The highest BCUT2D eigenvalue weighted by atomic mass is 35.5. The van der Waals surface area contributed by atoms with Gasteiger partial charge in [0, 0.05) is 21.2 Å². The molecule has 0 unspecified atom stereocenters. The van der Waals surface area contributed by atoms with E-state index in [1.807, 2.05) is 24.3 Å². The normalized spacial score (nSPS) is 11.2. The van der Waals surface area contributed by atoms with E-state index in [1.165, 1.54) is 0 Å². The Morgan fingerprint density at radius 1 is 0.677 bits per heavy atom. The van der Waals surface area contributed by atoms with Crippen LogP contribution in [-0.2, 0) is 0 Å². The predicted octanol–water partition coefficient (Wildman–Crippen LogP) is 9.19. The van der Waals surface area contributed by atoms with Crippen molar-refractivity contribution in [3.8, 4) is 0 Å². The van der Waals surface area contributed by atoms with Crippen molar-refractivity contribution in [1.29, 1.82) is 0 Å². The Morgan fingerprint density at radius 3 is 1.19 bits per heavy atom. The topological polar surface area (TPSA) is 34.1 Å². The van der Waals surface area contributed by atoms with Crippen molar-refractivity contribution in [2.24, 2.45) is 0 Å². The fourth-order valence-electron chi connectivity index (χ4n) is 3.32. The molecule has 0 aliphatic rings. The third kappa shape index (κ3) is 7.19. The van der Waals surface area contributed by atoms with E-state index in [9.17, 15) is 9.59 Å². The van der Waals surface area contributed by atoms with Crippen molar-refractivity contribution < 1.29 is 9.59 Å². The van der Waals surface area contributed by atoms with Crippen LogP contribution < -0.4 is 0 Å². The summed E-state index contributed by atoms with van der Waals surface area (Å²) < 4.78 is 0. The van der Waals surface area contributed by atoms with E-state index < -0.39 is 0 Å². The summed E-state index contributed by atoms with van der Waals surface area (Å²) in [6, 6.07) is 7.60. The fraction of sp³-hybridized carbons (Fsp3) is 0.481. The third-order valence-electron chi connectivity index (χ3n) is 5.31. The lowest BCUT2D eigenvalue weighted by Gasteiger charge is -2.16. The molecule has 0 radical (unpaired) electrons. The van der Waals surface area contributed by atoms with E-state index in [4.69, 9.17) is 23.2 Å². The van der Waals surface area contributed by atoms with Crippen molar-refractivity contribution in [2.75, 3.05) is 0 Å². The Balaban J connectivity index is 0.000000311. The van der Waals surface area contributed by atoms with Gasteiger partial charge in [0.05, 0.1) is 0 Å². The molecule has 4 heteroatoms. The van der Waals surface area contributed by atoms with E-state index in [-0.39, 0.29) is 5.78 Å². The van der Waals surface area contributed by atoms with Crippen molar-refractivity contribution >= 4 is 35.3 Å². The second kappa shape index (κ2) is 11.8. The van der Waals surface area contributed by atoms with Crippen molar-refractivity contribution in [2.45, 2.75) is 86.0 Å². The molecule has 2 aromatic rings. The SMILES string of the molecule is CC(=O)c1cc(C(C)C)c(Cl)c(C(C)C)c1.CC(C)c1cc(C=O)cc(C(C)C)c1Cl. The van der Waals surface area contributed by atoms with Gasteiger partial charge in [-0.15, -0.1) is 0 Å². The summed E-state index contributed by atoms with van der Waals surface area (Å²) in [5.41, 5.74) is 5.73. The molecular formula is C27H36Cl2O2. The minimum absolute atomic E-state index is 0.0977. The zero-order valence-corrected chi connectivity index (χ0v) is 21.8. The van der Waals surface area contributed by atoms with E-state index in [1.54, 1.807) is 6.92 Å². The first-order chi connectivity index (χ1) is 14.3. The first kappa shape index (κ1) is 27.4. The summed E-state index contributed by atoms with van der Waals surface area (Å²) in [5.74, 6) is 1.46. The minimum atomic E-state index is 0.0977. The zero-order valence-electron chi connectivity index (χ0n) is 20.3. The summed E-state index contributed by atoms with van der Waals surface area (Å²) in [6.45, 7) is 18.3. The summed E-state index contributed by atoms with van der Waals surface area (Å²) in [4.78, 5) is 22.3. The molecule has 0 N–H and O–H groups in total. The molecule has 0 heterocycles. The standard InChI is InChI=1S/C14H19ClO.C13H17ClO/c1-8(2)12-6-11(10(5)16)7-13(9(3)4)14(12)15;1-8(2)11-5-10(7-15)6-12(9(3)4)13(11)14/h6-9H,1-5H3;5-9H,1-4H3. The second-order valence-electron chi connectivity index (χ2n) is 9.27. The van der Waals surface area contributed by atoms with Crippen LogP contribution in [0, 0.1) is 0 Å². The number of hydrogen-bond donors (Lipinski definition) is 0. The quantitative estimate of drug-likeness (QED) is 0.316. The largest absolute Gasteiger partial charge is 0.298 e. The number of Topliss-reactive ketones (excluding diaryl/α,β-unsaturated/α-hetero) is 1. The van der Waals surface area contributed by atoms with Gasteiger partial charge < -0.3 is 0 Å². The highest BCUT2D eigenvalue weighted by Gasteiger charge is 2.16. The minimum Gasteiger partial charge on any atom is -0.298 e. The van der Waals surface area contributed by atoms with Crippen LogP contribution in [0.5, 0.6) is 0 Å². The van der Waals surface area contributed by atoms with Crippen LogP contribution in [0.2, 0.25) is 10.0 Å². The fourth-order valence-corrected chi connectivity index (χ4v) is 4.41. The van der Waals surface area contributed by atoms with Gasteiger partial charge in [-0.25, -0.2) is 0 Å². The Bertz CT molecular complexity index is 867. The van der Waals surface area contributed by atoms with Gasteiger partial charge in [0.15, 0.2) is 5.78 Å². The predicted molar refractivity (Wildman–Crippen MR) is 135 cm³/mol. The molecular weight excluding hydrogens is 427 g/mol. The van der Waals surface area contributed by atoms with E-state index in [0.717, 1.165) is 44.1 Å². The molecule has 2 aromatic carbocycles. The molecule has 0 aromatic heterocycles. The van der Waals surface area contributed by atoms with Crippen molar-refractivity contribution in [3.63, 3.8) is 0 Å². The average molecular weight is 463 g/mol. The Hall–Kier alpha value is -1.64. The average Bonchev–Trinajstić information content (AvgIpc) is 2.67. The van der Waals surface area contributed by atoms with Crippen molar-refractivity contribution in [3.05, 3.63) is 67.7 Å². The van der Waals surface area contributed by atoms with Crippen LogP contribution in [-0.4, -0.2) is 12.1 Å². The first-order valence-corrected chi connectivity index (χ1v) is 11.7. The summed E-state index contributed by atoms with van der Waals surface area (Å²) in [7, 11) is 0. The number of hydrogen-bond acceptors (Lipinski definition) is 2. The number of ketones is 1. The molecule has 0 aliphatic heterocycles. The highest BCUT2D eigenvalue weighted by Crippen LogP contribution is 2.34. The lowest BCUT2D eigenvalue weighted by atomic mass is 9.92. The molecule has 0 amide bonds. The smallest absolute Gasteiger partial charge is 0.159 e. The number of rotatable bonds is 6. The number of carbonyl (C=O) groups is 2. The van der Waals surface area contributed by atoms with Crippen molar-refractivity contribution in [1.82, 2.24) is 0 Å². The molecule has 31 heavy (non-hydrogen) atoms. The number of benzene rings is 2. The zero-order chi connectivity index (χ0) is 24.0. The van der Waals surface area contributed by atoms with Gasteiger partial charge in [-0.3, -0.25) is 9.59 Å². The molecule has 170 valence electrons. The van der Waals surface area contributed by atoms with Gasteiger partial charge >= 0.3 is 0 Å². The summed E-state index contributed by atoms with van der Waals surface area (Å²) >= 11 is 12.7. The lowest BCUT2D eigenvalue weighted by molar-refractivity contribution is 0.101. The van der Waals surface area contributed by atoms with Crippen LogP contribution >= 0.6 is 23.2 Å². The summed E-state index contributed by atoms with van der Waals surface area (Å²) in [5, 5.41) is 1.63. The molecule has 0 saturated carbocycles. The maximum atomic E-state index is 11.5. The van der Waals surface area contributed by atoms with Gasteiger partial charge in [0.1, 0.15) is 6.29 Å². The van der Waals surface area contributed by atoms with Gasteiger partial charge in [0.25, 0.3) is 0 Å². The maximum absolute atomic E-state index is 11.5. The molecule has 2 rings (SSSR count). The highest BCUT2D eigenvalue weighted by molar-refractivity contribution is 6.32. The lowest BCUT2D eigenvalue weighted by Crippen LogP contribution is -2.02. The molecule has 0 fully saturated rings. The second-order valence-corrected chi connectivity index (χ2v) is 10.0. The van der Waals surface area contributed by atoms with Crippen LogP contribution in [0.25, 0.3) is 0 Å². The maximum Gasteiger partial charge on any atom is 0.159 e. The number of carbonyl (C=O) groups excluding carboxylic acids is 2. The molecule has 2 nitrogen and oxygen atoms in total. The Kier molecular flexibility index (Phi) is 10.5. The van der Waals surface area contributed by atoms with E-state index in [0.29, 0.717) is 29.2 Å². The van der Waals surface area contributed by atoms with Crippen LogP contribution in [0.15, 0.2) is 24.3 Å². The number of halogens is 2. The molecule has 0 aliphatic carbocycles. The van der Waals surface area contributed by atoms with Gasteiger partial charge in [-0.05, 0) is 77.1 Å². The van der Waals surface area contributed by atoms with Crippen LogP contribution in [0.4, 0.5) is 0 Å². The molecule has 0 saturated heterocycles. The monoisotopic (exact) mass is 462 g/mol. The third-order valence-corrected chi connectivity index (χ3v) is 6.18. The first-order valence-electron chi connectivity index (χ1n) is 10.9. The van der Waals surface area contributed by atoms with E-state index in [2.05, 4.69) is 55.4 Å². The van der Waals surface area contributed by atoms with Crippen LogP contribution in [0.1, 0.15) is 129 Å². The van der Waals surface area contributed by atoms with Crippen LogP contribution in [0.3, 0.4) is 0 Å². The Labute approximate surface area is 198 Å². The molecule has 0 spiro atoms. The molecule has 0 atom stereocenters. The Morgan fingerprint density at radius 2 is 0.968 bits per heavy atom. The van der Waals surface area contributed by atoms with Gasteiger partial charge in [-0.1, -0.05) is 78.6 Å². The van der Waals surface area contributed by atoms with Gasteiger partial charge in [0.2, 0.25) is 0 Å².